The molecule has 4 aromatic rings. The summed E-state index contributed by atoms with van der Waals surface area (Å²) in [6, 6.07) is 22.6. The summed E-state index contributed by atoms with van der Waals surface area (Å²) in [5.74, 6) is 0.624. The van der Waals surface area contributed by atoms with E-state index in [1.54, 1.807) is 6.07 Å². The predicted molar refractivity (Wildman–Crippen MR) is 93.6 cm³/mol. The molecular formula is C19H13N3O2. The monoisotopic (exact) mass is 315 g/mol. The lowest BCUT2D eigenvalue weighted by atomic mass is 10.1. The summed E-state index contributed by atoms with van der Waals surface area (Å²) in [5.41, 5.74) is 4.71. The molecule has 1 aromatic heterocycles. The van der Waals surface area contributed by atoms with E-state index >= 15 is 0 Å². The number of H-pyrrole nitrogens is 1. The van der Waals surface area contributed by atoms with E-state index in [-0.39, 0.29) is 5.69 Å². The summed E-state index contributed by atoms with van der Waals surface area (Å²) in [6.07, 6.45) is 0. The minimum absolute atomic E-state index is 0.0536. The van der Waals surface area contributed by atoms with Crippen molar-refractivity contribution in [3.63, 3.8) is 0 Å². The van der Waals surface area contributed by atoms with Gasteiger partial charge in [-0.3, -0.25) is 10.1 Å². The fourth-order valence-electron chi connectivity index (χ4n) is 2.72. The molecule has 116 valence electrons. The van der Waals surface area contributed by atoms with Crippen molar-refractivity contribution < 1.29 is 4.92 Å². The summed E-state index contributed by atoms with van der Waals surface area (Å²) in [7, 11) is 0. The number of rotatable bonds is 3. The normalized spacial score (nSPS) is 10.8. The zero-order valence-corrected chi connectivity index (χ0v) is 12.6. The fourth-order valence-corrected chi connectivity index (χ4v) is 2.72. The molecule has 0 spiro atoms. The van der Waals surface area contributed by atoms with Crippen LogP contribution in [0, 0.1) is 10.1 Å². The number of non-ortho nitro benzene ring substituents is 1. The topological polar surface area (TPSA) is 71.8 Å². The molecule has 0 atom stereocenters. The van der Waals surface area contributed by atoms with Crippen molar-refractivity contribution >= 4 is 16.7 Å². The van der Waals surface area contributed by atoms with Gasteiger partial charge in [0.05, 0.1) is 16.0 Å². The van der Waals surface area contributed by atoms with Crippen molar-refractivity contribution in [3.8, 4) is 22.5 Å². The smallest absolute Gasteiger partial charge is 0.270 e. The van der Waals surface area contributed by atoms with Gasteiger partial charge in [0.15, 0.2) is 0 Å². The van der Waals surface area contributed by atoms with Gasteiger partial charge in [-0.2, -0.15) is 0 Å². The zero-order chi connectivity index (χ0) is 16.5. The summed E-state index contributed by atoms with van der Waals surface area (Å²) in [5, 5.41) is 10.9. The lowest BCUT2D eigenvalue weighted by molar-refractivity contribution is -0.384. The number of nitrogens with one attached hydrogen (secondary N) is 1. The van der Waals surface area contributed by atoms with E-state index < -0.39 is 4.92 Å². The van der Waals surface area contributed by atoms with Gasteiger partial charge in [-0.05, 0) is 23.3 Å². The minimum atomic E-state index is -0.403. The lowest BCUT2D eigenvalue weighted by Gasteiger charge is -2.00. The first-order chi connectivity index (χ1) is 11.7. The van der Waals surface area contributed by atoms with Gasteiger partial charge in [-0.1, -0.05) is 48.5 Å². The van der Waals surface area contributed by atoms with Gasteiger partial charge in [0.1, 0.15) is 5.82 Å². The highest BCUT2D eigenvalue weighted by Gasteiger charge is 2.11. The van der Waals surface area contributed by atoms with Gasteiger partial charge < -0.3 is 4.98 Å². The van der Waals surface area contributed by atoms with Crippen LogP contribution in [0.2, 0.25) is 0 Å². The Morgan fingerprint density at radius 2 is 1.62 bits per heavy atom. The highest BCUT2D eigenvalue weighted by Crippen LogP contribution is 2.27. The number of benzene rings is 3. The standard InChI is InChI=1S/C19H13N3O2/c23-22(24)16-8-4-7-15(11-16)19-20-17-10-9-14(12-18(17)21-19)13-5-2-1-3-6-13/h1-12H,(H,20,21). The van der Waals surface area contributed by atoms with E-state index in [2.05, 4.69) is 22.1 Å². The molecule has 0 saturated carbocycles. The van der Waals surface area contributed by atoms with Crippen LogP contribution in [0.1, 0.15) is 0 Å². The average molecular weight is 315 g/mol. The van der Waals surface area contributed by atoms with Crippen LogP contribution in [-0.4, -0.2) is 14.9 Å². The molecule has 0 fully saturated rings. The van der Waals surface area contributed by atoms with Crippen molar-refractivity contribution in [1.29, 1.82) is 0 Å². The molecule has 5 nitrogen and oxygen atoms in total. The van der Waals surface area contributed by atoms with Gasteiger partial charge in [0.25, 0.3) is 5.69 Å². The molecule has 1 N–H and O–H groups in total. The quantitative estimate of drug-likeness (QED) is 0.436. The fraction of sp³-hybridized carbons (Fsp3) is 0. The van der Waals surface area contributed by atoms with E-state index in [1.807, 2.05) is 42.5 Å². The maximum atomic E-state index is 10.9. The number of nitro groups is 1. The Labute approximate surface area is 137 Å². The van der Waals surface area contributed by atoms with Crippen LogP contribution in [-0.2, 0) is 0 Å². The predicted octanol–water partition coefficient (Wildman–Crippen LogP) is 4.81. The van der Waals surface area contributed by atoms with E-state index in [9.17, 15) is 10.1 Å². The molecule has 0 aliphatic carbocycles. The third-order valence-electron chi connectivity index (χ3n) is 3.92. The first-order valence-corrected chi connectivity index (χ1v) is 7.51. The van der Waals surface area contributed by atoms with Crippen molar-refractivity contribution in [3.05, 3.63) is 82.9 Å². The second-order valence-corrected chi connectivity index (χ2v) is 5.49. The SMILES string of the molecule is O=[N+]([O-])c1cccc(-c2nc3ccc(-c4ccccc4)cc3[nH]2)c1. The van der Waals surface area contributed by atoms with Gasteiger partial charge in [-0.15, -0.1) is 0 Å². The first-order valence-electron chi connectivity index (χ1n) is 7.51. The van der Waals surface area contributed by atoms with Crippen molar-refractivity contribution in [2.24, 2.45) is 0 Å². The van der Waals surface area contributed by atoms with E-state index in [1.165, 1.54) is 12.1 Å². The zero-order valence-electron chi connectivity index (χ0n) is 12.6. The van der Waals surface area contributed by atoms with E-state index in [0.717, 1.165) is 22.2 Å². The van der Waals surface area contributed by atoms with Crippen LogP contribution in [0.5, 0.6) is 0 Å². The van der Waals surface area contributed by atoms with Crippen LogP contribution in [0.3, 0.4) is 0 Å². The highest BCUT2D eigenvalue weighted by molar-refractivity contribution is 5.84. The van der Waals surface area contributed by atoms with Crippen molar-refractivity contribution in [1.82, 2.24) is 9.97 Å². The second-order valence-electron chi connectivity index (χ2n) is 5.49. The molecule has 5 heteroatoms. The van der Waals surface area contributed by atoms with E-state index in [0.29, 0.717) is 11.4 Å². The molecule has 0 unspecified atom stereocenters. The minimum Gasteiger partial charge on any atom is -0.338 e. The number of imidazole rings is 1. The first kappa shape index (κ1) is 14.1. The second kappa shape index (κ2) is 5.62. The van der Waals surface area contributed by atoms with Gasteiger partial charge >= 0.3 is 0 Å². The van der Waals surface area contributed by atoms with Crippen LogP contribution >= 0.6 is 0 Å². The molecular weight excluding hydrogens is 302 g/mol. The van der Waals surface area contributed by atoms with E-state index in [4.69, 9.17) is 0 Å². The van der Waals surface area contributed by atoms with Crippen LogP contribution < -0.4 is 0 Å². The highest BCUT2D eigenvalue weighted by atomic mass is 16.6. The summed E-state index contributed by atoms with van der Waals surface area (Å²) in [6.45, 7) is 0. The number of aromatic amines is 1. The molecule has 0 saturated heterocycles. The Morgan fingerprint density at radius 1 is 0.833 bits per heavy atom. The number of nitrogens with zero attached hydrogens (tertiary/aromatic N) is 2. The van der Waals surface area contributed by atoms with Gasteiger partial charge in [0.2, 0.25) is 0 Å². The maximum Gasteiger partial charge on any atom is 0.270 e. The number of hydrogen-bond acceptors (Lipinski definition) is 3. The number of nitro benzene ring substituents is 1. The molecule has 24 heavy (non-hydrogen) atoms. The third kappa shape index (κ3) is 2.52. The Balaban J connectivity index is 1.79. The van der Waals surface area contributed by atoms with Crippen molar-refractivity contribution in [2.45, 2.75) is 0 Å². The van der Waals surface area contributed by atoms with Gasteiger partial charge in [-0.25, -0.2) is 4.98 Å². The Kier molecular flexibility index (Phi) is 3.31. The molecule has 0 aliphatic rings. The molecule has 0 radical (unpaired) electrons. The number of aromatic nitrogens is 2. The maximum absolute atomic E-state index is 10.9. The Bertz CT molecular complexity index is 1040. The molecule has 0 bridgehead atoms. The van der Waals surface area contributed by atoms with Crippen LogP contribution in [0.25, 0.3) is 33.5 Å². The van der Waals surface area contributed by atoms with Gasteiger partial charge in [0, 0.05) is 17.7 Å². The Morgan fingerprint density at radius 3 is 2.42 bits per heavy atom. The average Bonchev–Trinajstić information content (AvgIpc) is 3.06. The largest absolute Gasteiger partial charge is 0.338 e. The van der Waals surface area contributed by atoms with Crippen LogP contribution in [0.15, 0.2) is 72.8 Å². The summed E-state index contributed by atoms with van der Waals surface area (Å²) in [4.78, 5) is 18.3. The summed E-state index contributed by atoms with van der Waals surface area (Å²) >= 11 is 0. The molecule has 4 rings (SSSR count). The summed E-state index contributed by atoms with van der Waals surface area (Å²) < 4.78 is 0. The molecule has 1 heterocycles. The van der Waals surface area contributed by atoms with Crippen LogP contribution in [0.4, 0.5) is 5.69 Å². The molecule has 0 amide bonds. The molecule has 3 aromatic carbocycles. The Hall–Kier alpha value is -3.47. The lowest BCUT2D eigenvalue weighted by Crippen LogP contribution is -1.88. The molecule has 0 aliphatic heterocycles. The number of fused-ring (bicyclic) bond motifs is 1. The number of hydrogen-bond donors (Lipinski definition) is 1. The third-order valence-corrected chi connectivity index (χ3v) is 3.92. The van der Waals surface area contributed by atoms with Crippen molar-refractivity contribution in [2.75, 3.05) is 0 Å².